The lowest BCUT2D eigenvalue weighted by Gasteiger charge is -2.10. The van der Waals surface area contributed by atoms with Crippen LogP contribution in [0.3, 0.4) is 0 Å². The number of aryl methyl sites for hydroxylation is 4. The number of aromatic nitrogens is 4. The lowest BCUT2D eigenvalue weighted by molar-refractivity contribution is -0.117. The van der Waals surface area contributed by atoms with E-state index in [2.05, 4.69) is 26.6 Å². The highest BCUT2D eigenvalue weighted by Crippen LogP contribution is 2.24. The first-order valence-electron chi connectivity index (χ1n) is 15.7. The number of amides is 5. The molecule has 2 atom stereocenters. The molecular formula is C33H43ClN10O6. The second kappa shape index (κ2) is 15.5. The van der Waals surface area contributed by atoms with Gasteiger partial charge < -0.3 is 54.5 Å². The molecule has 1 aliphatic heterocycles. The van der Waals surface area contributed by atoms with Crippen molar-refractivity contribution < 1.29 is 28.7 Å². The van der Waals surface area contributed by atoms with Crippen LogP contribution in [0, 0.1) is 0 Å². The van der Waals surface area contributed by atoms with Crippen LogP contribution in [0.5, 0.6) is 0 Å². The highest BCUT2D eigenvalue weighted by atomic mass is 35.5. The van der Waals surface area contributed by atoms with Gasteiger partial charge in [-0.2, -0.15) is 0 Å². The maximum absolute atomic E-state index is 13.2. The van der Waals surface area contributed by atoms with Crippen molar-refractivity contribution in [3.8, 4) is 0 Å². The van der Waals surface area contributed by atoms with Crippen molar-refractivity contribution in [1.82, 2.24) is 28.5 Å². The van der Waals surface area contributed by atoms with Gasteiger partial charge in [0.05, 0.1) is 28.9 Å². The topological polar surface area (TPSA) is 181 Å². The summed E-state index contributed by atoms with van der Waals surface area (Å²) in [7, 11) is 10.7. The Morgan fingerprint density at radius 1 is 0.640 bits per heavy atom. The van der Waals surface area contributed by atoms with Gasteiger partial charge in [-0.15, -0.1) is 12.4 Å². The van der Waals surface area contributed by atoms with E-state index >= 15 is 0 Å². The molecule has 2 unspecified atom stereocenters. The van der Waals surface area contributed by atoms with Crippen molar-refractivity contribution in [3.05, 3.63) is 71.8 Å². The summed E-state index contributed by atoms with van der Waals surface area (Å²) in [6.45, 7) is 3.20. The van der Waals surface area contributed by atoms with Crippen LogP contribution in [0.2, 0.25) is 0 Å². The zero-order valence-electron chi connectivity index (χ0n) is 29.0. The summed E-state index contributed by atoms with van der Waals surface area (Å²) in [6, 6.07) is 6.24. The van der Waals surface area contributed by atoms with Crippen LogP contribution < -0.4 is 26.6 Å². The molecule has 17 heteroatoms. The lowest BCUT2D eigenvalue weighted by atomic mass is 10.3. The second-order valence-electron chi connectivity index (χ2n) is 12.4. The summed E-state index contributed by atoms with van der Waals surface area (Å²) in [6.07, 6.45) is 6.70. The van der Waals surface area contributed by atoms with Crippen LogP contribution in [0.4, 0.5) is 22.7 Å². The molecule has 0 saturated carbocycles. The molecule has 4 aromatic rings. The van der Waals surface area contributed by atoms with E-state index in [0.717, 1.165) is 13.0 Å². The largest absolute Gasteiger partial charge is 0.359 e. The maximum Gasteiger partial charge on any atom is 0.272 e. The van der Waals surface area contributed by atoms with E-state index in [-0.39, 0.29) is 41.7 Å². The number of carbonyl (C=O) groups excluding carboxylic acids is 5. The van der Waals surface area contributed by atoms with Gasteiger partial charge >= 0.3 is 0 Å². The smallest absolute Gasteiger partial charge is 0.272 e. The van der Waals surface area contributed by atoms with Crippen LogP contribution in [-0.2, 0) is 37.7 Å². The molecule has 5 rings (SSSR count). The van der Waals surface area contributed by atoms with Gasteiger partial charge in [0.15, 0.2) is 6.10 Å². The van der Waals surface area contributed by atoms with Gasteiger partial charge in [0.2, 0.25) is 0 Å². The van der Waals surface area contributed by atoms with Crippen molar-refractivity contribution in [1.29, 1.82) is 0 Å². The molecule has 50 heavy (non-hydrogen) atoms. The van der Waals surface area contributed by atoms with Crippen molar-refractivity contribution >= 4 is 64.7 Å². The Bertz CT molecular complexity index is 1920. The Morgan fingerprint density at radius 3 is 1.32 bits per heavy atom. The highest BCUT2D eigenvalue weighted by molar-refractivity contribution is 6.09. The molecule has 0 aromatic carbocycles. The zero-order chi connectivity index (χ0) is 35.6. The Morgan fingerprint density at radius 2 is 0.980 bits per heavy atom. The molecule has 1 saturated heterocycles. The SMILES string of the molecule is CC1OC1C(=O)Nc1cc(C(=O)Nc2cc(C(=O)Nc3cc(C(=O)Nc4cc(C(=O)NCCCN(C)C)n(C)c4)n(C)c3)n(C)c2)n(C)c1.Cl. The summed E-state index contributed by atoms with van der Waals surface area (Å²) >= 11 is 0. The number of epoxide rings is 1. The number of hydrogen-bond acceptors (Lipinski definition) is 7. The van der Waals surface area contributed by atoms with Gasteiger partial charge in [-0.05, 0) is 58.3 Å². The summed E-state index contributed by atoms with van der Waals surface area (Å²) in [5.41, 5.74) is 2.96. The predicted molar refractivity (Wildman–Crippen MR) is 191 cm³/mol. The first kappa shape index (κ1) is 37.5. The number of ether oxygens (including phenoxy) is 1. The minimum absolute atomic E-state index is 0. The van der Waals surface area contributed by atoms with E-state index < -0.39 is 23.8 Å². The summed E-state index contributed by atoms with van der Waals surface area (Å²) in [5, 5.41) is 14.0. The summed E-state index contributed by atoms with van der Waals surface area (Å²) in [4.78, 5) is 66.2. The van der Waals surface area contributed by atoms with Gasteiger partial charge in [-0.1, -0.05) is 0 Å². The molecule has 4 aromatic heterocycles. The monoisotopic (exact) mass is 710 g/mol. The molecule has 0 spiro atoms. The van der Waals surface area contributed by atoms with E-state index in [9.17, 15) is 24.0 Å². The fourth-order valence-corrected chi connectivity index (χ4v) is 5.38. The number of nitrogens with zero attached hydrogens (tertiary/aromatic N) is 5. The zero-order valence-corrected chi connectivity index (χ0v) is 29.8. The number of carbonyl (C=O) groups is 5. The molecule has 5 heterocycles. The molecule has 1 fully saturated rings. The number of halogens is 1. The molecule has 0 aliphatic carbocycles. The number of nitrogens with one attached hydrogen (secondary N) is 5. The minimum atomic E-state index is -0.488. The van der Waals surface area contributed by atoms with Crippen LogP contribution >= 0.6 is 12.4 Å². The fourth-order valence-electron chi connectivity index (χ4n) is 5.38. The van der Waals surface area contributed by atoms with Crippen molar-refractivity contribution in [2.24, 2.45) is 28.2 Å². The average Bonchev–Trinajstić information content (AvgIpc) is 3.32. The van der Waals surface area contributed by atoms with Crippen LogP contribution in [-0.4, -0.2) is 92.1 Å². The maximum atomic E-state index is 13.2. The average molecular weight is 711 g/mol. The third kappa shape index (κ3) is 8.82. The normalized spacial score (nSPS) is 14.9. The molecule has 0 bridgehead atoms. The third-order valence-electron chi connectivity index (χ3n) is 8.03. The number of hydrogen-bond donors (Lipinski definition) is 5. The molecule has 0 radical (unpaired) electrons. The summed E-state index contributed by atoms with van der Waals surface area (Å²) in [5.74, 6) is -1.81. The van der Waals surface area contributed by atoms with Gasteiger partial charge in [0.1, 0.15) is 22.8 Å². The third-order valence-corrected chi connectivity index (χ3v) is 8.03. The van der Waals surface area contributed by atoms with E-state index in [1.54, 1.807) is 96.4 Å². The van der Waals surface area contributed by atoms with E-state index in [0.29, 0.717) is 40.7 Å². The fraction of sp³-hybridized carbons (Fsp3) is 0.364. The second-order valence-corrected chi connectivity index (χ2v) is 12.4. The van der Waals surface area contributed by atoms with Gasteiger partial charge in [0.25, 0.3) is 29.5 Å². The van der Waals surface area contributed by atoms with Gasteiger partial charge in [0, 0.05) is 59.5 Å². The van der Waals surface area contributed by atoms with E-state index in [1.165, 1.54) is 6.07 Å². The molecule has 5 N–H and O–H groups in total. The molecular weight excluding hydrogens is 668 g/mol. The molecule has 16 nitrogen and oxygen atoms in total. The predicted octanol–water partition coefficient (Wildman–Crippen LogP) is 2.63. The van der Waals surface area contributed by atoms with Crippen LogP contribution in [0.15, 0.2) is 49.1 Å². The summed E-state index contributed by atoms with van der Waals surface area (Å²) < 4.78 is 11.6. The van der Waals surface area contributed by atoms with Crippen LogP contribution in [0.1, 0.15) is 55.3 Å². The standard InChI is InChI=1S/C33H42N10O6.ClH/c1-19-28(49-19)33(48)38-23-14-27(43(7)18-23)32(47)37-22-13-26(42(6)17-22)31(46)36-21-12-25(41(5)16-21)30(45)35-20-11-24(40(4)15-20)29(44)34-9-8-10-39(2)3;/h11-19,28H,8-10H2,1-7H3,(H,34,44)(H,35,45)(H,36,46)(H,37,47)(H,38,48);1H. The Labute approximate surface area is 295 Å². The van der Waals surface area contributed by atoms with Gasteiger partial charge in [-0.3, -0.25) is 24.0 Å². The van der Waals surface area contributed by atoms with Crippen LogP contribution in [0.25, 0.3) is 0 Å². The molecule has 5 amide bonds. The highest BCUT2D eigenvalue weighted by Gasteiger charge is 2.41. The van der Waals surface area contributed by atoms with E-state index in [1.807, 2.05) is 19.0 Å². The lowest BCUT2D eigenvalue weighted by Crippen LogP contribution is -2.28. The number of rotatable bonds is 13. The van der Waals surface area contributed by atoms with Crippen molar-refractivity contribution in [2.45, 2.75) is 25.6 Å². The first-order valence-corrected chi connectivity index (χ1v) is 15.7. The number of anilines is 4. The van der Waals surface area contributed by atoms with E-state index in [4.69, 9.17) is 4.74 Å². The first-order chi connectivity index (χ1) is 23.2. The quantitative estimate of drug-likeness (QED) is 0.104. The molecule has 1 aliphatic rings. The van der Waals surface area contributed by atoms with Gasteiger partial charge in [-0.25, -0.2) is 0 Å². The Kier molecular flexibility index (Phi) is 11.6. The minimum Gasteiger partial charge on any atom is -0.359 e. The van der Waals surface area contributed by atoms with Crippen molar-refractivity contribution in [2.75, 3.05) is 48.5 Å². The Balaban J connectivity index is 0.00000562. The van der Waals surface area contributed by atoms with Crippen molar-refractivity contribution in [3.63, 3.8) is 0 Å². The Hall–Kier alpha value is -5.32. The molecule has 268 valence electrons.